The molecule has 2 bridgehead atoms. The molecule has 0 spiro atoms. The summed E-state index contributed by atoms with van der Waals surface area (Å²) in [6.45, 7) is 8.02. The first kappa shape index (κ1) is 23.0. The number of fused-ring (bicyclic) bond motifs is 6. The first-order chi connectivity index (χ1) is 17.9. The lowest BCUT2D eigenvalue weighted by atomic mass is 9.71. The van der Waals surface area contributed by atoms with Crippen molar-refractivity contribution in [2.75, 3.05) is 31.2 Å². The van der Waals surface area contributed by atoms with Gasteiger partial charge in [0, 0.05) is 53.5 Å². The third-order valence-corrected chi connectivity index (χ3v) is 10.2. The van der Waals surface area contributed by atoms with E-state index in [1.165, 1.54) is 24.2 Å². The third kappa shape index (κ3) is 3.28. The zero-order valence-electron chi connectivity index (χ0n) is 21.3. The smallest absolute Gasteiger partial charge is 0.196 e. The van der Waals surface area contributed by atoms with E-state index in [0.29, 0.717) is 34.1 Å². The molecule has 5 heterocycles. The van der Waals surface area contributed by atoms with Crippen LogP contribution in [-0.2, 0) is 10.2 Å². The summed E-state index contributed by atoms with van der Waals surface area (Å²) in [5, 5.41) is 9.36. The number of piperidine rings is 1. The summed E-state index contributed by atoms with van der Waals surface area (Å²) in [5.74, 6) is 2.88. The van der Waals surface area contributed by atoms with Gasteiger partial charge in [0.15, 0.2) is 5.78 Å². The fourth-order valence-electron chi connectivity index (χ4n) is 7.32. The Hall–Kier alpha value is -3.10. The Morgan fingerprint density at radius 1 is 1.11 bits per heavy atom. The second-order valence-corrected chi connectivity index (χ2v) is 12.5. The second kappa shape index (κ2) is 8.20. The third-order valence-electron chi connectivity index (χ3n) is 9.16. The van der Waals surface area contributed by atoms with Crippen molar-refractivity contribution < 1.29 is 9.53 Å². The van der Waals surface area contributed by atoms with Crippen LogP contribution in [0.2, 0.25) is 0 Å². The van der Waals surface area contributed by atoms with Gasteiger partial charge >= 0.3 is 0 Å². The molecule has 188 valence electrons. The lowest BCUT2D eigenvalue weighted by molar-refractivity contribution is -0.0407. The van der Waals surface area contributed by atoms with Crippen LogP contribution in [0, 0.1) is 23.7 Å². The first-order valence-electron chi connectivity index (χ1n) is 13.3. The van der Waals surface area contributed by atoms with Crippen molar-refractivity contribution in [1.82, 2.24) is 9.88 Å². The van der Waals surface area contributed by atoms with Gasteiger partial charge in [0.25, 0.3) is 0 Å². The van der Waals surface area contributed by atoms with E-state index in [2.05, 4.69) is 46.7 Å². The number of thiophene rings is 1. The number of hydrogen-bond donors (Lipinski definition) is 1. The number of anilines is 1. The van der Waals surface area contributed by atoms with Gasteiger partial charge in [-0.1, -0.05) is 19.8 Å². The van der Waals surface area contributed by atoms with E-state index in [-0.39, 0.29) is 5.78 Å². The van der Waals surface area contributed by atoms with Gasteiger partial charge in [-0.05, 0) is 49.4 Å². The van der Waals surface area contributed by atoms with E-state index in [0.717, 1.165) is 71.9 Å². The molecule has 0 radical (unpaired) electrons. The van der Waals surface area contributed by atoms with E-state index >= 15 is 0 Å². The first-order valence-corrected chi connectivity index (χ1v) is 14.1. The Kier molecular flexibility index (Phi) is 5.11. The summed E-state index contributed by atoms with van der Waals surface area (Å²) in [6, 6.07) is 9.94. The van der Waals surface area contributed by atoms with Crippen molar-refractivity contribution >= 4 is 33.0 Å². The molecule has 3 fully saturated rings. The number of terminal acetylenes is 1. The van der Waals surface area contributed by atoms with Gasteiger partial charge in [-0.25, -0.2) is 0 Å². The number of H-pyrrole nitrogens is 1. The van der Waals surface area contributed by atoms with Crippen molar-refractivity contribution in [3.8, 4) is 18.4 Å². The fourth-order valence-corrected chi connectivity index (χ4v) is 8.28. The molecule has 1 N–H and O–H groups in total. The SMILES string of the molecule is C#Cc1cc2c(cc1N1CCC(N3C4CCC3COC4)CC1)C(C)(C)c1[nH]c3cc(C#N)sc3c1C2=O. The molecule has 3 aromatic rings. The molecule has 1 aliphatic carbocycles. The molecule has 1 aromatic carbocycles. The Labute approximate surface area is 221 Å². The summed E-state index contributed by atoms with van der Waals surface area (Å²) in [5.41, 5.74) is 5.63. The number of ether oxygens (including phenoxy) is 1. The van der Waals surface area contributed by atoms with Crippen LogP contribution in [0.15, 0.2) is 18.2 Å². The predicted octanol–water partition coefficient (Wildman–Crippen LogP) is 4.78. The standard InChI is InChI=1S/C30H30N4O2S/c1-4-17-11-22-23(30(2,3)29-26(27(22)35)28-24(32-29)12-21(14-31)37-28)13-25(17)33-9-7-18(8-10-33)34-19-5-6-20(34)16-36-15-19/h1,11-13,18-20,32H,5-10,15-16H2,2-3H3. The normalized spacial score (nSPS) is 25.1. The van der Waals surface area contributed by atoms with Crippen molar-refractivity contribution in [3.05, 3.63) is 51.0 Å². The number of nitrogens with one attached hydrogen (secondary N) is 1. The number of carbonyl (C=O) groups is 1. The summed E-state index contributed by atoms with van der Waals surface area (Å²) < 4.78 is 6.67. The average molecular weight is 511 g/mol. The van der Waals surface area contributed by atoms with Crippen LogP contribution in [0.5, 0.6) is 0 Å². The van der Waals surface area contributed by atoms with Gasteiger partial charge < -0.3 is 14.6 Å². The summed E-state index contributed by atoms with van der Waals surface area (Å²) in [4.78, 5) is 23.1. The Bertz CT molecular complexity index is 1510. The molecule has 7 rings (SSSR count). The average Bonchev–Trinajstić information content (AvgIpc) is 3.55. The number of hydrogen-bond acceptors (Lipinski definition) is 6. The number of carbonyl (C=O) groups excluding carboxylic acids is 1. The van der Waals surface area contributed by atoms with Crippen molar-refractivity contribution in [2.24, 2.45) is 0 Å². The van der Waals surface area contributed by atoms with E-state index in [1.54, 1.807) is 0 Å². The highest BCUT2D eigenvalue weighted by Crippen LogP contribution is 2.47. The molecule has 3 aliphatic heterocycles. The van der Waals surface area contributed by atoms with Gasteiger partial charge in [0.2, 0.25) is 0 Å². The number of rotatable bonds is 2. The van der Waals surface area contributed by atoms with Crippen LogP contribution < -0.4 is 4.90 Å². The van der Waals surface area contributed by atoms with Crippen LogP contribution in [-0.4, -0.2) is 60.1 Å². The van der Waals surface area contributed by atoms with Gasteiger partial charge in [-0.2, -0.15) is 5.26 Å². The largest absolute Gasteiger partial charge is 0.378 e. The van der Waals surface area contributed by atoms with Crippen LogP contribution >= 0.6 is 11.3 Å². The van der Waals surface area contributed by atoms with Crippen molar-refractivity contribution in [3.63, 3.8) is 0 Å². The number of aromatic nitrogens is 1. The molecule has 7 heteroatoms. The van der Waals surface area contributed by atoms with Crippen LogP contribution in [0.4, 0.5) is 5.69 Å². The van der Waals surface area contributed by atoms with Crippen LogP contribution in [0.1, 0.15) is 77.2 Å². The van der Waals surface area contributed by atoms with Crippen LogP contribution in [0.3, 0.4) is 0 Å². The molecule has 4 aliphatic rings. The molecule has 37 heavy (non-hydrogen) atoms. The summed E-state index contributed by atoms with van der Waals surface area (Å²) in [7, 11) is 0. The molecule has 2 unspecified atom stereocenters. The number of nitrogens with zero attached hydrogens (tertiary/aromatic N) is 3. The quantitative estimate of drug-likeness (QED) is 0.502. The molecular formula is C30H30N4O2S. The molecular weight excluding hydrogens is 480 g/mol. The maximum atomic E-state index is 13.8. The van der Waals surface area contributed by atoms with Gasteiger partial charge in [0.1, 0.15) is 10.9 Å². The molecule has 0 amide bonds. The van der Waals surface area contributed by atoms with Crippen molar-refractivity contribution in [1.29, 1.82) is 5.26 Å². The molecule has 0 saturated carbocycles. The van der Waals surface area contributed by atoms with Gasteiger partial charge in [-0.3, -0.25) is 9.69 Å². The summed E-state index contributed by atoms with van der Waals surface area (Å²) >= 11 is 1.38. The van der Waals surface area contributed by atoms with Gasteiger partial charge in [0.05, 0.1) is 34.7 Å². The van der Waals surface area contributed by atoms with E-state index in [9.17, 15) is 10.1 Å². The van der Waals surface area contributed by atoms with Crippen molar-refractivity contribution in [2.45, 2.75) is 63.1 Å². The van der Waals surface area contributed by atoms with Crippen LogP contribution in [0.25, 0.3) is 10.2 Å². The van der Waals surface area contributed by atoms with E-state index in [1.807, 2.05) is 12.1 Å². The lowest BCUT2D eigenvalue weighted by Gasteiger charge is -2.45. The zero-order valence-corrected chi connectivity index (χ0v) is 22.1. The monoisotopic (exact) mass is 510 g/mol. The number of benzene rings is 1. The van der Waals surface area contributed by atoms with Gasteiger partial charge in [-0.15, -0.1) is 17.8 Å². The number of nitriles is 1. The predicted molar refractivity (Wildman–Crippen MR) is 146 cm³/mol. The molecule has 3 saturated heterocycles. The zero-order chi connectivity index (χ0) is 25.5. The maximum absolute atomic E-state index is 13.8. The number of morpholine rings is 1. The van der Waals surface area contributed by atoms with E-state index in [4.69, 9.17) is 11.2 Å². The minimum absolute atomic E-state index is 0.00790. The molecule has 6 nitrogen and oxygen atoms in total. The Morgan fingerprint density at radius 2 is 1.84 bits per heavy atom. The minimum Gasteiger partial charge on any atom is -0.378 e. The highest BCUT2D eigenvalue weighted by Gasteiger charge is 2.43. The Balaban J connectivity index is 1.22. The second-order valence-electron chi connectivity index (χ2n) is 11.4. The molecule has 2 atom stereocenters. The molecule has 2 aromatic heterocycles. The number of aromatic amines is 1. The minimum atomic E-state index is -0.392. The maximum Gasteiger partial charge on any atom is 0.196 e. The lowest BCUT2D eigenvalue weighted by Crippen LogP contribution is -2.54. The summed E-state index contributed by atoms with van der Waals surface area (Å²) in [6.07, 6.45) is 10.8. The highest BCUT2D eigenvalue weighted by molar-refractivity contribution is 7.20. The number of ketones is 1. The topological polar surface area (TPSA) is 72.4 Å². The van der Waals surface area contributed by atoms with E-state index < -0.39 is 5.41 Å². The highest BCUT2D eigenvalue weighted by atomic mass is 32.1. The fraction of sp³-hybridized carbons (Fsp3) is 0.467. The Morgan fingerprint density at radius 3 is 2.51 bits per heavy atom.